The number of likely N-dealkylation sites (N-methyl/N-ethyl adjacent to an activating group) is 1. The zero-order valence-electron chi connectivity index (χ0n) is 10.8. The summed E-state index contributed by atoms with van der Waals surface area (Å²) in [6, 6.07) is 0.544. The van der Waals surface area contributed by atoms with E-state index in [-0.39, 0.29) is 0 Å². The van der Waals surface area contributed by atoms with Crippen LogP contribution in [-0.4, -0.2) is 36.8 Å². The summed E-state index contributed by atoms with van der Waals surface area (Å²) in [6.45, 7) is 7.16. The van der Waals surface area contributed by atoms with Gasteiger partial charge in [-0.05, 0) is 25.8 Å². The van der Waals surface area contributed by atoms with Crippen molar-refractivity contribution >= 4 is 11.8 Å². The molecule has 3 heteroatoms. The Hall–Kier alpha value is 0.270. The maximum atomic E-state index is 5.64. The first kappa shape index (κ1) is 14.3. The standard InChI is InChI=1S/C13H27NOS/c1-3-9-15-10-12(14-4-2)11-16-13-7-5-6-8-13/h12-14H,3-11H2,1-2H3. The molecule has 0 spiro atoms. The average Bonchev–Trinajstić information content (AvgIpc) is 2.79. The summed E-state index contributed by atoms with van der Waals surface area (Å²) in [4.78, 5) is 0. The van der Waals surface area contributed by atoms with Gasteiger partial charge < -0.3 is 10.1 Å². The second-order valence-corrected chi connectivity index (χ2v) is 5.90. The summed E-state index contributed by atoms with van der Waals surface area (Å²) < 4.78 is 5.64. The molecule has 1 N–H and O–H groups in total. The molecular formula is C13H27NOS. The molecule has 0 bridgehead atoms. The van der Waals surface area contributed by atoms with Crippen molar-refractivity contribution in [3.63, 3.8) is 0 Å². The Kier molecular flexibility index (Phi) is 8.34. The second kappa shape index (κ2) is 9.32. The minimum absolute atomic E-state index is 0.544. The minimum Gasteiger partial charge on any atom is -0.380 e. The van der Waals surface area contributed by atoms with Crippen LogP contribution in [0.3, 0.4) is 0 Å². The van der Waals surface area contributed by atoms with E-state index in [2.05, 4.69) is 30.9 Å². The summed E-state index contributed by atoms with van der Waals surface area (Å²) in [5, 5.41) is 4.44. The number of hydrogen-bond acceptors (Lipinski definition) is 3. The van der Waals surface area contributed by atoms with Gasteiger partial charge in [-0.1, -0.05) is 26.7 Å². The zero-order chi connectivity index (χ0) is 11.6. The molecule has 0 aliphatic heterocycles. The molecule has 1 rings (SSSR count). The molecule has 1 atom stereocenters. The minimum atomic E-state index is 0.544. The molecule has 0 aromatic carbocycles. The zero-order valence-corrected chi connectivity index (χ0v) is 11.7. The van der Waals surface area contributed by atoms with Crippen molar-refractivity contribution in [3.8, 4) is 0 Å². The van der Waals surface area contributed by atoms with E-state index in [0.717, 1.165) is 31.4 Å². The highest BCUT2D eigenvalue weighted by Crippen LogP contribution is 2.29. The van der Waals surface area contributed by atoms with Gasteiger partial charge in [0.1, 0.15) is 0 Å². The van der Waals surface area contributed by atoms with Crippen LogP contribution < -0.4 is 5.32 Å². The van der Waals surface area contributed by atoms with Gasteiger partial charge in [-0.2, -0.15) is 11.8 Å². The van der Waals surface area contributed by atoms with Crippen LogP contribution in [0.2, 0.25) is 0 Å². The molecule has 1 aliphatic rings. The van der Waals surface area contributed by atoms with Gasteiger partial charge in [-0.3, -0.25) is 0 Å². The molecule has 96 valence electrons. The summed E-state index contributed by atoms with van der Waals surface area (Å²) >= 11 is 2.15. The lowest BCUT2D eigenvalue weighted by atomic mass is 10.3. The van der Waals surface area contributed by atoms with Gasteiger partial charge in [0, 0.05) is 23.7 Å². The van der Waals surface area contributed by atoms with E-state index in [1.165, 1.54) is 31.4 Å². The maximum absolute atomic E-state index is 5.64. The van der Waals surface area contributed by atoms with E-state index in [0.29, 0.717) is 6.04 Å². The number of nitrogens with one attached hydrogen (secondary N) is 1. The van der Waals surface area contributed by atoms with Crippen molar-refractivity contribution in [2.45, 2.75) is 57.2 Å². The summed E-state index contributed by atoms with van der Waals surface area (Å²) in [5.74, 6) is 1.21. The highest BCUT2D eigenvalue weighted by Gasteiger charge is 2.17. The highest BCUT2D eigenvalue weighted by atomic mass is 32.2. The molecule has 1 saturated carbocycles. The van der Waals surface area contributed by atoms with Crippen LogP contribution in [0.4, 0.5) is 0 Å². The predicted molar refractivity (Wildman–Crippen MR) is 73.3 cm³/mol. The van der Waals surface area contributed by atoms with Crippen LogP contribution >= 0.6 is 11.8 Å². The van der Waals surface area contributed by atoms with E-state index in [1.807, 2.05) is 0 Å². The first-order valence-corrected chi connectivity index (χ1v) is 7.84. The molecule has 0 aromatic heterocycles. The van der Waals surface area contributed by atoms with Gasteiger partial charge in [0.25, 0.3) is 0 Å². The third-order valence-corrected chi connectivity index (χ3v) is 4.53. The monoisotopic (exact) mass is 245 g/mol. The van der Waals surface area contributed by atoms with Gasteiger partial charge in [-0.25, -0.2) is 0 Å². The Labute approximate surface area is 105 Å². The Morgan fingerprint density at radius 2 is 2.06 bits per heavy atom. The molecule has 16 heavy (non-hydrogen) atoms. The topological polar surface area (TPSA) is 21.3 Å². The van der Waals surface area contributed by atoms with Crippen molar-refractivity contribution in [1.29, 1.82) is 0 Å². The smallest absolute Gasteiger partial charge is 0.0627 e. The first-order valence-electron chi connectivity index (χ1n) is 6.79. The average molecular weight is 245 g/mol. The van der Waals surface area contributed by atoms with E-state index < -0.39 is 0 Å². The molecular weight excluding hydrogens is 218 g/mol. The first-order chi connectivity index (χ1) is 7.86. The summed E-state index contributed by atoms with van der Waals surface area (Å²) in [6.07, 6.45) is 6.86. The highest BCUT2D eigenvalue weighted by molar-refractivity contribution is 7.99. The predicted octanol–water partition coefficient (Wildman–Crippen LogP) is 3.07. The Morgan fingerprint density at radius 3 is 2.69 bits per heavy atom. The van der Waals surface area contributed by atoms with Crippen molar-refractivity contribution in [2.24, 2.45) is 0 Å². The van der Waals surface area contributed by atoms with E-state index in [4.69, 9.17) is 4.74 Å². The molecule has 1 fully saturated rings. The molecule has 2 nitrogen and oxygen atoms in total. The fraction of sp³-hybridized carbons (Fsp3) is 1.00. The quantitative estimate of drug-likeness (QED) is 0.631. The number of rotatable bonds is 9. The lowest BCUT2D eigenvalue weighted by molar-refractivity contribution is 0.117. The van der Waals surface area contributed by atoms with Gasteiger partial charge in [-0.15, -0.1) is 0 Å². The lowest BCUT2D eigenvalue weighted by Crippen LogP contribution is -2.36. The number of thioether (sulfide) groups is 1. The Balaban J connectivity index is 2.10. The molecule has 0 amide bonds. The Bertz CT molecular complexity index is 160. The summed E-state index contributed by atoms with van der Waals surface area (Å²) in [7, 11) is 0. The third kappa shape index (κ3) is 6.12. The second-order valence-electron chi connectivity index (χ2n) is 4.57. The van der Waals surface area contributed by atoms with Crippen LogP contribution in [0, 0.1) is 0 Å². The van der Waals surface area contributed by atoms with Gasteiger partial charge in [0.2, 0.25) is 0 Å². The van der Waals surface area contributed by atoms with Gasteiger partial charge >= 0.3 is 0 Å². The van der Waals surface area contributed by atoms with E-state index in [9.17, 15) is 0 Å². The van der Waals surface area contributed by atoms with Crippen molar-refractivity contribution in [3.05, 3.63) is 0 Å². The van der Waals surface area contributed by atoms with Crippen molar-refractivity contribution in [1.82, 2.24) is 5.32 Å². The maximum Gasteiger partial charge on any atom is 0.0627 e. The normalized spacial score (nSPS) is 19.1. The Morgan fingerprint density at radius 1 is 1.31 bits per heavy atom. The van der Waals surface area contributed by atoms with Crippen LogP contribution in [0.1, 0.15) is 46.0 Å². The van der Waals surface area contributed by atoms with Crippen LogP contribution in [0.25, 0.3) is 0 Å². The molecule has 1 unspecified atom stereocenters. The van der Waals surface area contributed by atoms with E-state index >= 15 is 0 Å². The van der Waals surface area contributed by atoms with Gasteiger partial charge in [0.15, 0.2) is 0 Å². The van der Waals surface area contributed by atoms with Crippen molar-refractivity contribution < 1.29 is 4.74 Å². The van der Waals surface area contributed by atoms with Gasteiger partial charge in [0.05, 0.1) is 6.61 Å². The molecule has 0 heterocycles. The fourth-order valence-electron chi connectivity index (χ4n) is 2.13. The van der Waals surface area contributed by atoms with E-state index in [1.54, 1.807) is 0 Å². The molecule has 1 aliphatic carbocycles. The molecule has 0 radical (unpaired) electrons. The van der Waals surface area contributed by atoms with Crippen LogP contribution in [0.5, 0.6) is 0 Å². The third-order valence-electron chi connectivity index (χ3n) is 3.00. The van der Waals surface area contributed by atoms with Crippen LogP contribution in [-0.2, 0) is 4.74 Å². The number of hydrogen-bond donors (Lipinski definition) is 1. The van der Waals surface area contributed by atoms with Crippen molar-refractivity contribution in [2.75, 3.05) is 25.5 Å². The lowest BCUT2D eigenvalue weighted by Gasteiger charge is -2.19. The molecule has 0 saturated heterocycles. The fourth-order valence-corrected chi connectivity index (χ4v) is 3.52. The number of ether oxygens (including phenoxy) is 1. The largest absolute Gasteiger partial charge is 0.380 e. The van der Waals surface area contributed by atoms with Crippen LogP contribution in [0.15, 0.2) is 0 Å². The molecule has 0 aromatic rings. The SMILES string of the molecule is CCCOCC(CSC1CCCC1)NCC. The summed E-state index contributed by atoms with van der Waals surface area (Å²) in [5.41, 5.74) is 0.